The second-order valence-electron chi connectivity index (χ2n) is 11.4. The summed E-state index contributed by atoms with van der Waals surface area (Å²) in [4.78, 5) is 4.18. The molecule has 0 bridgehead atoms. The van der Waals surface area contributed by atoms with Crippen LogP contribution in [0.5, 0.6) is 0 Å². The van der Waals surface area contributed by atoms with Crippen LogP contribution < -0.4 is 0 Å². The number of rotatable bonds is 1. The largest absolute Gasteiger partial charge is 0.417 e. The van der Waals surface area contributed by atoms with E-state index in [9.17, 15) is 13.2 Å². The van der Waals surface area contributed by atoms with Gasteiger partial charge in [0.05, 0.1) is 11.1 Å². The molecule has 1 aliphatic carbocycles. The van der Waals surface area contributed by atoms with Crippen molar-refractivity contribution >= 4 is 48.4 Å². The van der Waals surface area contributed by atoms with Crippen LogP contribution >= 0.6 is 15.9 Å². The van der Waals surface area contributed by atoms with E-state index in [0.717, 1.165) is 44.7 Å². The summed E-state index contributed by atoms with van der Waals surface area (Å²) in [5.41, 5.74) is 3.75. The Morgan fingerprint density at radius 2 is 1.46 bits per heavy atom. The molecule has 0 aliphatic heterocycles. The van der Waals surface area contributed by atoms with Crippen LogP contribution in [0.4, 0.5) is 13.2 Å². The van der Waals surface area contributed by atoms with E-state index >= 15 is 0 Å². The topological polar surface area (TPSA) is 12.9 Å². The fraction of sp³-hybridized carbons (Fsp3) is 0.194. The molecule has 6 aromatic rings. The number of hydrogen-bond acceptors (Lipinski definition) is 1. The Morgan fingerprint density at radius 3 is 2.22 bits per heavy atom. The molecule has 41 heavy (non-hydrogen) atoms. The van der Waals surface area contributed by atoms with Gasteiger partial charge in [-0.25, -0.2) is 0 Å². The lowest BCUT2D eigenvalue weighted by Gasteiger charge is -2.39. The van der Waals surface area contributed by atoms with E-state index in [1.165, 1.54) is 17.0 Å². The normalized spacial score (nSPS) is 16.3. The molecule has 0 fully saturated rings. The van der Waals surface area contributed by atoms with E-state index in [0.29, 0.717) is 11.3 Å². The fourth-order valence-electron chi connectivity index (χ4n) is 6.50. The van der Waals surface area contributed by atoms with Crippen molar-refractivity contribution in [3.05, 3.63) is 136 Å². The standard InChI is InChI=1S/C27H22BrF3.C9H7N/c1-26(2)15-18(16-6-5-7-19(28)13-16)12-17-10-11-21-20-8-3-4-9-22(20)24(27(29,30)31)14-23(21)25(17)26;1-2-6-9-8(4-1)5-3-7-10-9/h3-11,13-14,18H,12,15H2,1-2H3;1-7H. The van der Waals surface area contributed by atoms with Crippen LogP contribution in [0.15, 0.2) is 114 Å². The van der Waals surface area contributed by atoms with Crippen LogP contribution in [0.1, 0.15) is 48.4 Å². The van der Waals surface area contributed by atoms with Crippen LogP contribution in [0.25, 0.3) is 32.4 Å². The molecule has 0 saturated carbocycles. The average molecular weight is 613 g/mol. The Labute approximate surface area is 246 Å². The Morgan fingerprint density at radius 1 is 0.756 bits per heavy atom. The first kappa shape index (κ1) is 27.5. The summed E-state index contributed by atoms with van der Waals surface area (Å²) >= 11 is 3.56. The molecule has 5 aromatic carbocycles. The van der Waals surface area contributed by atoms with Crippen LogP contribution in [0.2, 0.25) is 0 Å². The number of para-hydroxylation sites is 1. The summed E-state index contributed by atoms with van der Waals surface area (Å²) in [7, 11) is 0. The van der Waals surface area contributed by atoms with Crippen molar-refractivity contribution in [1.82, 2.24) is 4.98 Å². The van der Waals surface area contributed by atoms with Gasteiger partial charge in [0.15, 0.2) is 0 Å². The van der Waals surface area contributed by atoms with E-state index in [4.69, 9.17) is 0 Å². The van der Waals surface area contributed by atoms with Crippen molar-refractivity contribution in [3.8, 4) is 0 Å². The third-order valence-corrected chi connectivity index (χ3v) is 8.66. The van der Waals surface area contributed by atoms with Gasteiger partial charge in [-0.1, -0.05) is 103 Å². The van der Waals surface area contributed by atoms with Crippen molar-refractivity contribution in [3.63, 3.8) is 0 Å². The van der Waals surface area contributed by atoms with Gasteiger partial charge in [-0.2, -0.15) is 13.2 Å². The molecule has 1 nitrogen and oxygen atoms in total. The van der Waals surface area contributed by atoms with Crippen molar-refractivity contribution in [2.45, 2.75) is 44.2 Å². The zero-order valence-corrected chi connectivity index (χ0v) is 24.4. The molecule has 0 radical (unpaired) electrons. The van der Waals surface area contributed by atoms with Crippen LogP contribution in [0, 0.1) is 0 Å². The van der Waals surface area contributed by atoms with E-state index < -0.39 is 11.7 Å². The van der Waals surface area contributed by atoms with Crippen molar-refractivity contribution in [2.24, 2.45) is 0 Å². The third-order valence-electron chi connectivity index (χ3n) is 8.17. The predicted molar refractivity (Wildman–Crippen MR) is 166 cm³/mol. The maximum absolute atomic E-state index is 14.0. The highest BCUT2D eigenvalue weighted by molar-refractivity contribution is 9.10. The second-order valence-corrected chi connectivity index (χ2v) is 12.3. The molecule has 1 unspecified atom stereocenters. The predicted octanol–water partition coefficient (Wildman–Crippen LogP) is 11.0. The highest BCUT2D eigenvalue weighted by Gasteiger charge is 2.38. The summed E-state index contributed by atoms with van der Waals surface area (Å²) < 4.78 is 43.0. The molecule has 5 heteroatoms. The van der Waals surface area contributed by atoms with E-state index in [-0.39, 0.29) is 10.8 Å². The number of aromatic nitrogens is 1. The van der Waals surface area contributed by atoms with E-state index in [2.05, 4.69) is 65.1 Å². The molecular weight excluding hydrogens is 583 g/mol. The minimum absolute atomic E-state index is 0.245. The van der Waals surface area contributed by atoms with Gasteiger partial charge in [-0.3, -0.25) is 4.98 Å². The Bertz CT molecular complexity index is 1830. The minimum Gasteiger partial charge on any atom is -0.256 e. The van der Waals surface area contributed by atoms with E-state index in [1.54, 1.807) is 18.2 Å². The van der Waals surface area contributed by atoms with Crippen molar-refractivity contribution in [2.75, 3.05) is 0 Å². The van der Waals surface area contributed by atoms with Gasteiger partial charge in [-0.15, -0.1) is 0 Å². The maximum Gasteiger partial charge on any atom is 0.417 e. The van der Waals surface area contributed by atoms with Gasteiger partial charge >= 0.3 is 6.18 Å². The summed E-state index contributed by atoms with van der Waals surface area (Å²) in [6.45, 7) is 4.33. The first-order valence-electron chi connectivity index (χ1n) is 13.7. The molecule has 0 saturated heterocycles. The van der Waals surface area contributed by atoms with Crippen molar-refractivity contribution < 1.29 is 13.2 Å². The van der Waals surface area contributed by atoms with Gasteiger partial charge < -0.3 is 0 Å². The highest BCUT2D eigenvalue weighted by atomic mass is 79.9. The van der Waals surface area contributed by atoms with Gasteiger partial charge in [0.25, 0.3) is 0 Å². The number of pyridine rings is 1. The minimum atomic E-state index is -4.39. The SMILES string of the molecule is CC1(C)CC(c2cccc(Br)c2)Cc2ccc3c(cc(C(F)(F)F)c4ccccc43)c21.c1ccc2ncccc2c1. The van der Waals surface area contributed by atoms with Gasteiger partial charge in [0, 0.05) is 16.1 Å². The van der Waals surface area contributed by atoms with Crippen LogP contribution in [-0.2, 0) is 18.0 Å². The number of fused-ring (bicyclic) bond motifs is 6. The average Bonchev–Trinajstić information content (AvgIpc) is 2.96. The molecule has 0 amide bonds. The molecule has 1 atom stereocenters. The first-order chi connectivity index (χ1) is 19.6. The van der Waals surface area contributed by atoms with Crippen LogP contribution in [-0.4, -0.2) is 4.98 Å². The lowest BCUT2D eigenvalue weighted by atomic mass is 9.65. The number of benzene rings is 5. The summed E-state index contributed by atoms with van der Waals surface area (Å²) in [5, 5.41) is 3.77. The molecule has 1 aromatic heterocycles. The lowest BCUT2D eigenvalue weighted by molar-refractivity contribution is -0.136. The Balaban J connectivity index is 0.000000253. The second kappa shape index (κ2) is 10.6. The van der Waals surface area contributed by atoms with E-state index in [1.807, 2.05) is 54.7 Å². The van der Waals surface area contributed by atoms with Gasteiger partial charge in [-0.05, 0) is 92.7 Å². The number of alkyl halides is 3. The lowest BCUT2D eigenvalue weighted by Crippen LogP contribution is -2.29. The highest BCUT2D eigenvalue weighted by Crippen LogP contribution is 2.49. The first-order valence-corrected chi connectivity index (χ1v) is 14.5. The summed E-state index contributed by atoms with van der Waals surface area (Å²) in [6, 6.07) is 32.8. The zero-order chi connectivity index (χ0) is 28.8. The molecule has 1 aliphatic rings. The van der Waals surface area contributed by atoms with Crippen molar-refractivity contribution in [1.29, 1.82) is 0 Å². The molecule has 0 N–H and O–H groups in total. The monoisotopic (exact) mass is 611 g/mol. The molecule has 0 spiro atoms. The third kappa shape index (κ3) is 5.36. The summed E-state index contributed by atoms with van der Waals surface area (Å²) in [6.07, 6.45) is -0.862. The van der Waals surface area contributed by atoms with Gasteiger partial charge in [0.2, 0.25) is 0 Å². The molecule has 1 heterocycles. The summed E-state index contributed by atoms with van der Waals surface area (Å²) in [5.74, 6) is 0.333. The molecule has 7 rings (SSSR count). The quantitative estimate of drug-likeness (QED) is 0.168. The molecular formula is C36H29BrF3N. The molecule has 206 valence electrons. The smallest absolute Gasteiger partial charge is 0.256 e. The number of hydrogen-bond donors (Lipinski definition) is 0. The van der Waals surface area contributed by atoms with Gasteiger partial charge in [0.1, 0.15) is 0 Å². The fourth-order valence-corrected chi connectivity index (χ4v) is 6.91. The Hall–Kier alpha value is -3.70. The number of halogens is 4. The number of nitrogens with zero attached hydrogens (tertiary/aromatic N) is 1. The maximum atomic E-state index is 14.0. The zero-order valence-electron chi connectivity index (χ0n) is 22.8. The Kier molecular flexibility index (Phi) is 7.11. The van der Waals surface area contributed by atoms with Crippen LogP contribution in [0.3, 0.4) is 0 Å².